The number of aliphatic hydroxyl groups is 2. The van der Waals surface area contributed by atoms with Gasteiger partial charge in [-0.15, -0.1) is 0 Å². The van der Waals surface area contributed by atoms with Crippen molar-refractivity contribution in [3.63, 3.8) is 0 Å². The molecule has 2 aromatic carbocycles. The van der Waals surface area contributed by atoms with Gasteiger partial charge in [0.15, 0.2) is 0 Å². The molecule has 5 heteroatoms. The molecule has 5 nitrogen and oxygen atoms in total. The van der Waals surface area contributed by atoms with E-state index in [-0.39, 0.29) is 24.9 Å². The second kappa shape index (κ2) is 10.4. The van der Waals surface area contributed by atoms with Gasteiger partial charge in [-0.25, -0.2) is 0 Å². The maximum Gasteiger partial charge on any atom is 0.124 e. The smallest absolute Gasteiger partial charge is 0.124 e. The van der Waals surface area contributed by atoms with E-state index in [1.54, 1.807) is 7.11 Å². The normalized spacial score (nSPS) is 16.3. The van der Waals surface area contributed by atoms with Crippen molar-refractivity contribution in [3.05, 3.63) is 65.2 Å². The Bertz CT molecular complexity index is 786. The number of nitrogens with one attached hydrogen (secondary N) is 1. The SMILES string of the molecule is COc1ccccc1[C@H](OC[C@H](O)CNC(C)(C)Cc1ccc(CO)cc1)C1CC1. The minimum Gasteiger partial charge on any atom is -0.496 e. The summed E-state index contributed by atoms with van der Waals surface area (Å²) in [7, 11) is 1.68. The van der Waals surface area contributed by atoms with Crippen LogP contribution < -0.4 is 10.1 Å². The van der Waals surface area contributed by atoms with Crippen molar-refractivity contribution < 1.29 is 19.7 Å². The summed E-state index contributed by atoms with van der Waals surface area (Å²) in [5.41, 5.74) is 3.01. The Balaban J connectivity index is 1.49. The first kappa shape index (κ1) is 22.8. The zero-order chi connectivity index (χ0) is 21.6. The molecule has 3 N–H and O–H groups in total. The fourth-order valence-corrected chi connectivity index (χ4v) is 3.78. The van der Waals surface area contributed by atoms with E-state index >= 15 is 0 Å². The summed E-state index contributed by atoms with van der Waals surface area (Å²) in [6.45, 7) is 5.06. The highest BCUT2D eigenvalue weighted by Gasteiger charge is 2.35. The lowest BCUT2D eigenvalue weighted by molar-refractivity contribution is -0.0219. The molecule has 164 valence electrons. The first-order valence-electron chi connectivity index (χ1n) is 10.8. The lowest BCUT2D eigenvalue weighted by Crippen LogP contribution is -2.46. The number of hydrogen-bond donors (Lipinski definition) is 3. The maximum absolute atomic E-state index is 10.5. The van der Waals surface area contributed by atoms with Crippen LogP contribution in [0, 0.1) is 5.92 Å². The van der Waals surface area contributed by atoms with Crippen LogP contribution in [0.3, 0.4) is 0 Å². The third kappa shape index (κ3) is 6.54. The Morgan fingerprint density at radius 2 is 1.73 bits per heavy atom. The predicted molar refractivity (Wildman–Crippen MR) is 119 cm³/mol. The van der Waals surface area contributed by atoms with Crippen molar-refractivity contribution in [3.8, 4) is 5.75 Å². The van der Waals surface area contributed by atoms with Gasteiger partial charge in [0.1, 0.15) is 5.75 Å². The number of para-hydroxylation sites is 1. The first-order valence-corrected chi connectivity index (χ1v) is 10.8. The predicted octanol–water partition coefficient (Wildman–Crippen LogP) is 3.63. The van der Waals surface area contributed by atoms with E-state index in [2.05, 4.69) is 25.2 Å². The number of aliphatic hydroxyl groups excluding tert-OH is 2. The van der Waals surface area contributed by atoms with Gasteiger partial charge in [0.05, 0.1) is 32.5 Å². The molecule has 0 bridgehead atoms. The highest BCUT2D eigenvalue weighted by molar-refractivity contribution is 5.36. The van der Waals surface area contributed by atoms with Crippen LogP contribution in [0.5, 0.6) is 5.75 Å². The molecule has 1 aliphatic carbocycles. The monoisotopic (exact) mass is 413 g/mol. The Labute approximate surface area is 180 Å². The van der Waals surface area contributed by atoms with Crippen molar-refractivity contribution >= 4 is 0 Å². The fourth-order valence-electron chi connectivity index (χ4n) is 3.78. The van der Waals surface area contributed by atoms with E-state index in [1.807, 2.05) is 42.5 Å². The van der Waals surface area contributed by atoms with E-state index in [0.29, 0.717) is 12.5 Å². The number of benzene rings is 2. The number of β-amino-alcohol motifs (C(OH)–C–C–N with tert-alkyl or cyclic N) is 1. The summed E-state index contributed by atoms with van der Waals surface area (Å²) >= 11 is 0. The molecule has 0 saturated heterocycles. The minimum absolute atomic E-state index is 0.0335. The molecular formula is C25H35NO4. The third-order valence-corrected chi connectivity index (χ3v) is 5.63. The molecular weight excluding hydrogens is 378 g/mol. The molecule has 0 amide bonds. The summed E-state index contributed by atoms with van der Waals surface area (Å²) in [6, 6.07) is 16.0. The van der Waals surface area contributed by atoms with Crippen molar-refractivity contribution in [1.29, 1.82) is 0 Å². The molecule has 2 atom stereocenters. The highest BCUT2D eigenvalue weighted by atomic mass is 16.5. The van der Waals surface area contributed by atoms with Crippen LogP contribution in [-0.4, -0.2) is 42.1 Å². The van der Waals surface area contributed by atoms with Crippen LogP contribution in [0.4, 0.5) is 0 Å². The van der Waals surface area contributed by atoms with Crippen LogP contribution in [0.1, 0.15) is 49.5 Å². The second-order valence-corrected chi connectivity index (χ2v) is 8.90. The van der Waals surface area contributed by atoms with Gasteiger partial charge < -0.3 is 25.0 Å². The molecule has 30 heavy (non-hydrogen) atoms. The van der Waals surface area contributed by atoms with Crippen molar-refractivity contribution in [2.24, 2.45) is 5.92 Å². The molecule has 1 fully saturated rings. The van der Waals surface area contributed by atoms with E-state index in [0.717, 1.165) is 36.1 Å². The zero-order valence-electron chi connectivity index (χ0n) is 18.3. The molecule has 0 aliphatic heterocycles. The summed E-state index contributed by atoms with van der Waals surface area (Å²) in [5, 5.41) is 23.2. The summed E-state index contributed by atoms with van der Waals surface area (Å²) in [6.07, 6.45) is 2.52. The largest absolute Gasteiger partial charge is 0.496 e. The van der Waals surface area contributed by atoms with E-state index in [4.69, 9.17) is 9.47 Å². The average Bonchev–Trinajstić information content (AvgIpc) is 3.58. The van der Waals surface area contributed by atoms with Gasteiger partial charge in [-0.2, -0.15) is 0 Å². The Morgan fingerprint density at radius 1 is 1.07 bits per heavy atom. The van der Waals surface area contributed by atoms with E-state index in [9.17, 15) is 10.2 Å². The van der Waals surface area contributed by atoms with Crippen LogP contribution in [0.25, 0.3) is 0 Å². The molecule has 0 aromatic heterocycles. The number of methoxy groups -OCH3 is 1. The number of rotatable bonds is 12. The van der Waals surface area contributed by atoms with Crippen molar-refractivity contribution in [2.45, 2.75) is 57.5 Å². The van der Waals surface area contributed by atoms with Gasteiger partial charge in [-0.05, 0) is 56.2 Å². The average molecular weight is 414 g/mol. The molecule has 1 saturated carbocycles. The van der Waals surface area contributed by atoms with Gasteiger partial charge in [0.25, 0.3) is 0 Å². The molecule has 3 rings (SSSR count). The van der Waals surface area contributed by atoms with E-state index in [1.165, 1.54) is 5.56 Å². The van der Waals surface area contributed by atoms with Gasteiger partial charge >= 0.3 is 0 Å². The summed E-state index contributed by atoms with van der Waals surface area (Å²) < 4.78 is 11.7. The van der Waals surface area contributed by atoms with Crippen molar-refractivity contribution in [2.75, 3.05) is 20.3 Å². The molecule has 0 radical (unpaired) electrons. The molecule has 2 aromatic rings. The Hall–Kier alpha value is -1.92. The fraction of sp³-hybridized carbons (Fsp3) is 0.520. The van der Waals surface area contributed by atoms with Gasteiger partial charge in [-0.3, -0.25) is 0 Å². The maximum atomic E-state index is 10.5. The van der Waals surface area contributed by atoms with E-state index < -0.39 is 6.10 Å². The summed E-state index contributed by atoms with van der Waals surface area (Å²) in [5.74, 6) is 1.34. The van der Waals surface area contributed by atoms with Crippen LogP contribution in [0.2, 0.25) is 0 Å². The number of ether oxygens (including phenoxy) is 2. The van der Waals surface area contributed by atoms with Crippen LogP contribution in [0.15, 0.2) is 48.5 Å². The topological polar surface area (TPSA) is 71.0 Å². The molecule has 0 heterocycles. The van der Waals surface area contributed by atoms with Crippen molar-refractivity contribution in [1.82, 2.24) is 5.32 Å². The van der Waals surface area contributed by atoms with Gasteiger partial charge in [0, 0.05) is 17.6 Å². The first-order chi connectivity index (χ1) is 14.4. The quantitative estimate of drug-likeness (QED) is 0.496. The second-order valence-electron chi connectivity index (χ2n) is 8.90. The van der Waals surface area contributed by atoms with Crippen LogP contribution >= 0.6 is 0 Å². The standard InChI is InChI=1S/C25H35NO4/c1-25(2,14-18-8-10-19(16-27)11-9-18)26-15-21(28)17-30-24(20-12-13-20)22-6-4-5-7-23(22)29-3/h4-11,20-21,24,26-28H,12-17H2,1-3H3/t21-,24-/m1/s1. The highest BCUT2D eigenvalue weighted by Crippen LogP contribution is 2.45. The lowest BCUT2D eigenvalue weighted by Gasteiger charge is -2.29. The number of hydrogen-bond acceptors (Lipinski definition) is 5. The molecule has 0 unspecified atom stereocenters. The summed E-state index contributed by atoms with van der Waals surface area (Å²) in [4.78, 5) is 0. The molecule has 0 spiro atoms. The Morgan fingerprint density at radius 3 is 2.37 bits per heavy atom. The zero-order valence-corrected chi connectivity index (χ0v) is 18.3. The Kier molecular flexibility index (Phi) is 7.89. The minimum atomic E-state index is -0.586. The van der Waals surface area contributed by atoms with Gasteiger partial charge in [-0.1, -0.05) is 42.5 Å². The van der Waals surface area contributed by atoms with Gasteiger partial charge in [0.2, 0.25) is 0 Å². The van der Waals surface area contributed by atoms with Crippen LogP contribution in [-0.2, 0) is 17.8 Å². The third-order valence-electron chi connectivity index (χ3n) is 5.63. The molecule has 1 aliphatic rings. The lowest BCUT2D eigenvalue weighted by atomic mass is 9.94.